The lowest BCUT2D eigenvalue weighted by Gasteiger charge is -2.17. The van der Waals surface area contributed by atoms with Gasteiger partial charge < -0.3 is 9.26 Å². The lowest BCUT2D eigenvalue weighted by Crippen LogP contribution is -2.15. The summed E-state index contributed by atoms with van der Waals surface area (Å²) in [7, 11) is 0. The van der Waals surface area contributed by atoms with E-state index in [9.17, 15) is 0 Å². The third-order valence-corrected chi connectivity index (χ3v) is 2.25. The van der Waals surface area contributed by atoms with Crippen LogP contribution in [0, 0.1) is 0 Å². The van der Waals surface area contributed by atoms with Gasteiger partial charge in [0.1, 0.15) is 0 Å². The first kappa shape index (κ1) is 8.19. The SMILES string of the molecule is Brc1noc(C2CCCOC2)n1. The Bertz CT molecular complexity index is 258. The molecule has 1 saturated heterocycles. The van der Waals surface area contributed by atoms with Gasteiger partial charge in [-0.1, -0.05) is 0 Å². The molecule has 0 bridgehead atoms. The van der Waals surface area contributed by atoms with Crippen LogP contribution in [0.15, 0.2) is 9.26 Å². The van der Waals surface area contributed by atoms with Gasteiger partial charge in [-0.2, -0.15) is 4.98 Å². The molecule has 0 radical (unpaired) electrons. The first-order valence-electron chi connectivity index (χ1n) is 3.93. The molecule has 1 aromatic rings. The smallest absolute Gasteiger partial charge is 0.238 e. The largest absolute Gasteiger partial charge is 0.381 e. The molecule has 0 saturated carbocycles. The van der Waals surface area contributed by atoms with Gasteiger partial charge in [0.05, 0.1) is 12.5 Å². The molecular formula is C7H9BrN2O2. The fraction of sp³-hybridized carbons (Fsp3) is 0.714. The first-order valence-corrected chi connectivity index (χ1v) is 4.72. The molecule has 0 N–H and O–H groups in total. The van der Waals surface area contributed by atoms with Crippen molar-refractivity contribution in [2.45, 2.75) is 18.8 Å². The Balaban J connectivity index is 2.08. The Morgan fingerprint density at radius 3 is 3.00 bits per heavy atom. The van der Waals surface area contributed by atoms with E-state index in [1.807, 2.05) is 0 Å². The molecule has 2 heterocycles. The molecule has 0 aromatic carbocycles. The molecule has 1 atom stereocenters. The maximum Gasteiger partial charge on any atom is 0.238 e. The average Bonchev–Trinajstić information content (AvgIpc) is 2.54. The maximum absolute atomic E-state index is 5.30. The van der Waals surface area contributed by atoms with Gasteiger partial charge in [-0.3, -0.25) is 0 Å². The Hall–Kier alpha value is -0.420. The molecule has 1 aliphatic rings. The number of aromatic nitrogens is 2. The van der Waals surface area contributed by atoms with Crippen molar-refractivity contribution >= 4 is 15.9 Å². The topological polar surface area (TPSA) is 48.2 Å². The van der Waals surface area contributed by atoms with E-state index in [0.29, 0.717) is 17.2 Å². The van der Waals surface area contributed by atoms with Crippen LogP contribution in [0.4, 0.5) is 0 Å². The van der Waals surface area contributed by atoms with E-state index < -0.39 is 0 Å². The third kappa shape index (κ3) is 1.67. The Labute approximate surface area is 78.4 Å². The maximum atomic E-state index is 5.30. The highest BCUT2D eigenvalue weighted by Gasteiger charge is 2.21. The lowest BCUT2D eigenvalue weighted by molar-refractivity contribution is 0.0705. The Morgan fingerprint density at radius 2 is 2.42 bits per heavy atom. The summed E-state index contributed by atoms with van der Waals surface area (Å²) in [6.07, 6.45) is 2.15. The van der Waals surface area contributed by atoms with E-state index in [2.05, 4.69) is 26.1 Å². The number of hydrogen-bond acceptors (Lipinski definition) is 4. The van der Waals surface area contributed by atoms with Gasteiger partial charge in [0.2, 0.25) is 10.6 Å². The average molecular weight is 233 g/mol. The van der Waals surface area contributed by atoms with Crippen LogP contribution >= 0.6 is 15.9 Å². The molecular weight excluding hydrogens is 224 g/mol. The molecule has 66 valence electrons. The summed E-state index contributed by atoms with van der Waals surface area (Å²) in [6.45, 7) is 1.56. The summed E-state index contributed by atoms with van der Waals surface area (Å²) in [6, 6.07) is 0. The van der Waals surface area contributed by atoms with Crippen molar-refractivity contribution in [3.05, 3.63) is 10.6 Å². The molecule has 5 heteroatoms. The Morgan fingerprint density at radius 1 is 1.50 bits per heavy atom. The van der Waals surface area contributed by atoms with Crippen molar-refractivity contribution in [3.63, 3.8) is 0 Å². The minimum atomic E-state index is 0.289. The zero-order valence-corrected chi connectivity index (χ0v) is 8.08. The van der Waals surface area contributed by atoms with Gasteiger partial charge in [-0.15, -0.1) is 0 Å². The van der Waals surface area contributed by atoms with E-state index in [0.717, 1.165) is 19.4 Å². The summed E-state index contributed by atoms with van der Waals surface area (Å²) >= 11 is 3.14. The standard InChI is InChI=1S/C7H9BrN2O2/c8-7-9-6(12-10-7)5-2-1-3-11-4-5/h5H,1-4H2. The third-order valence-electron chi connectivity index (χ3n) is 1.93. The van der Waals surface area contributed by atoms with Crippen LogP contribution in [-0.4, -0.2) is 23.4 Å². The predicted molar refractivity (Wildman–Crippen MR) is 44.8 cm³/mol. The zero-order valence-electron chi connectivity index (χ0n) is 6.49. The van der Waals surface area contributed by atoms with Crippen LogP contribution in [0.25, 0.3) is 0 Å². The van der Waals surface area contributed by atoms with Gasteiger partial charge in [0, 0.05) is 6.61 Å². The summed E-state index contributed by atoms with van der Waals surface area (Å²) < 4.78 is 10.8. The molecule has 12 heavy (non-hydrogen) atoms. The van der Waals surface area contributed by atoms with Crippen LogP contribution in [0.5, 0.6) is 0 Å². The number of halogens is 1. The monoisotopic (exact) mass is 232 g/mol. The lowest BCUT2D eigenvalue weighted by atomic mass is 10.0. The van der Waals surface area contributed by atoms with Crippen molar-refractivity contribution in [2.24, 2.45) is 0 Å². The quantitative estimate of drug-likeness (QED) is 0.740. The molecule has 1 aromatic heterocycles. The second-order valence-corrected chi connectivity index (χ2v) is 3.52. The van der Waals surface area contributed by atoms with E-state index in [-0.39, 0.29) is 5.92 Å². The fourth-order valence-corrected chi connectivity index (χ4v) is 1.56. The molecule has 1 unspecified atom stereocenters. The molecule has 1 fully saturated rings. The number of hydrogen-bond donors (Lipinski definition) is 0. The van der Waals surface area contributed by atoms with Crippen molar-refractivity contribution in [2.75, 3.05) is 13.2 Å². The fourth-order valence-electron chi connectivity index (χ4n) is 1.32. The van der Waals surface area contributed by atoms with Gasteiger partial charge >= 0.3 is 0 Å². The minimum absolute atomic E-state index is 0.289. The van der Waals surface area contributed by atoms with Crippen LogP contribution in [0.2, 0.25) is 0 Å². The van der Waals surface area contributed by atoms with Gasteiger partial charge in [-0.25, -0.2) is 0 Å². The highest BCUT2D eigenvalue weighted by molar-refractivity contribution is 9.10. The van der Waals surface area contributed by atoms with E-state index in [1.165, 1.54) is 0 Å². The second kappa shape index (κ2) is 3.53. The number of ether oxygens (including phenoxy) is 1. The highest BCUT2D eigenvalue weighted by atomic mass is 79.9. The molecule has 2 rings (SSSR count). The van der Waals surface area contributed by atoms with E-state index in [4.69, 9.17) is 9.26 Å². The predicted octanol–water partition coefficient (Wildman–Crippen LogP) is 1.73. The normalized spacial score (nSPS) is 24.2. The van der Waals surface area contributed by atoms with Crippen LogP contribution in [-0.2, 0) is 4.74 Å². The van der Waals surface area contributed by atoms with Gasteiger partial charge in [0.15, 0.2) is 0 Å². The summed E-state index contributed by atoms with van der Waals surface area (Å²) in [5.41, 5.74) is 0. The molecule has 1 aliphatic heterocycles. The summed E-state index contributed by atoms with van der Waals surface area (Å²) in [5, 5.41) is 3.67. The molecule has 0 amide bonds. The van der Waals surface area contributed by atoms with E-state index in [1.54, 1.807) is 0 Å². The summed E-state index contributed by atoms with van der Waals surface area (Å²) in [4.78, 5) is 4.09. The van der Waals surface area contributed by atoms with Gasteiger partial charge in [0.25, 0.3) is 0 Å². The van der Waals surface area contributed by atoms with Crippen molar-refractivity contribution in [1.29, 1.82) is 0 Å². The van der Waals surface area contributed by atoms with Crippen molar-refractivity contribution in [3.8, 4) is 0 Å². The van der Waals surface area contributed by atoms with Crippen molar-refractivity contribution < 1.29 is 9.26 Å². The number of rotatable bonds is 1. The summed E-state index contributed by atoms with van der Waals surface area (Å²) in [5.74, 6) is 0.971. The molecule has 4 nitrogen and oxygen atoms in total. The highest BCUT2D eigenvalue weighted by Crippen LogP contribution is 2.24. The minimum Gasteiger partial charge on any atom is -0.381 e. The van der Waals surface area contributed by atoms with Gasteiger partial charge in [-0.05, 0) is 33.9 Å². The zero-order chi connectivity index (χ0) is 8.39. The molecule has 0 spiro atoms. The number of nitrogens with zero attached hydrogens (tertiary/aromatic N) is 2. The van der Waals surface area contributed by atoms with Crippen LogP contribution in [0.3, 0.4) is 0 Å². The molecule has 0 aliphatic carbocycles. The van der Waals surface area contributed by atoms with Crippen LogP contribution < -0.4 is 0 Å². The Kier molecular flexibility index (Phi) is 2.41. The second-order valence-electron chi connectivity index (χ2n) is 2.82. The van der Waals surface area contributed by atoms with E-state index >= 15 is 0 Å². The first-order chi connectivity index (χ1) is 5.86. The van der Waals surface area contributed by atoms with Crippen LogP contribution in [0.1, 0.15) is 24.7 Å². The van der Waals surface area contributed by atoms with Crippen molar-refractivity contribution in [1.82, 2.24) is 10.1 Å².